The molecule has 94 valence electrons. The molecular formula is C14H16N2O2. The number of carbonyl (C=O) groups is 2. The van der Waals surface area contributed by atoms with Crippen LogP contribution in [0.1, 0.15) is 34.6 Å². The van der Waals surface area contributed by atoms with Gasteiger partial charge in [-0.2, -0.15) is 0 Å². The number of anilines is 2. The summed E-state index contributed by atoms with van der Waals surface area (Å²) < 4.78 is 0. The lowest BCUT2D eigenvalue weighted by Crippen LogP contribution is -2.15. The third kappa shape index (κ3) is 2.32. The minimum Gasteiger partial charge on any atom is -0.398 e. The number of hydrogen-bond acceptors (Lipinski definition) is 4. The fourth-order valence-corrected chi connectivity index (χ4v) is 1.55. The first kappa shape index (κ1) is 13.7. The minimum absolute atomic E-state index is 0.107. The molecule has 0 fully saturated rings. The number of Topliss-reactive ketones (excluding diaryl/α,β-unsaturated/α-hetero) is 2. The van der Waals surface area contributed by atoms with Gasteiger partial charge in [-0.05, 0) is 37.1 Å². The molecule has 0 aliphatic heterocycles. The monoisotopic (exact) mass is 244 g/mol. The van der Waals surface area contributed by atoms with Crippen molar-refractivity contribution in [3.63, 3.8) is 0 Å². The van der Waals surface area contributed by atoms with Crippen molar-refractivity contribution < 1.29 is 9.59 Å². The molecule has 1 aromatic rings. The Morgan fingerprint density at radius 2 is 1.17 bits per heavy atom. The minimum atomic E-state index is -0.385. The van der Waals surface area contributed by atoms with E-state index in [1.165, 1.54) is 12.1 Å². The highest BCUT2D eigenvalue weighted by atomic mass is 16.1. The number of carbonyl (C=O) groups excluding carboxylic acids is 2. The fraction of sp³-hybridized carbons (Fsp3) is 0.143. The molecule has 0 aliphatic carbocycles. The summed E-state index contributed by atoms with van der Waals surface area (Å²) in [6.45, 7) is 10.2. The Morgan fingerprint density at radius 1 is 0.889 bits per heavy atom. The van der Waals surface area contributed by atoms with Gasteiger partial charge in [-0.25, -0.2) is 0 Å². The first-order valence-corrected chi connectivity index (χ1v) is 5.35. The van der Waals surface area contributed by atoms with E-state index in [-0.39, 0.29) is 34.1 Å². The number of allylic oxidation sites excluding steroid dienone is 2. The van der Waals surface area contributed by atoms with Crippen LogP contribution in [0.15, 0.2) is 36.4 Å². The van der Waals surface area contributed by atoms with E-state index in [1.807, 2.05) is 0 Å². The standard InChI is InChI=1S/C14H16N2O2/c1-7(2)13(17)11-9(15)5-6-10(16)12(11)14(18)8(3)4/h5-6H,1,3,15-16H2,2,4H3. The first-order valence-electron chi connectivity index (χ1n) is 5.35. The van der Waals surface area contributed by atoms with E-state index in [0.717, 1.165) is 0 Å². The highest BCUT2D eigenvalue weighted by molar-refractivity contribution is 6.23. The van der Waals surface area contributed by atoms with Crippen LogP contribution in [0.2, 0.25) is 0 Å². The van der Waals surface area contributed by atoms with Crippen LogP contribution in [0.4, 0.5) is 11.4 Å². The summed E-state index contributed by atoms with van der Waals surface area (Å²) in [4.78, 5) is 24.1. The molecule has 1 aromatic carbocycles. The summed E-state index contributed by atoms with van der Waals surface area (Å²) in [5, 5.41) is 0. The molecule has 4 N–H and O–H groups in total. The van der Waals surface area contributed by atoms with Crippen molar-refractivity contribution in [2.45, 2.75) is 13.8 Å². The van der Waals surface area contributed by atoms with Gasteiger partial charge in [0.25, 0.3) is 0 Å². The lowest BCUT2D eigenvalue weighted by atomic mass is 9.92. The second-order valence-corrected chi connectivity index (χ2v) is 4.21. The van der Waals surface area contributed by atoms with Crippen molar-refractivity contribution in [2.24, 2.45) is 0 Å². The highest BCUT2D eigenvalue weighted by Crippen LogP contribution is 2.27. The molecule has 0 radical (unpaired) electrons. The molecule has 4 heteroatoms. The molecule has 0 aromatic heterocycles. The number of rotatable bonds is 4. The van der Waals surface area contributed by atoms with Crippen molar-refractivity contribution in [3.05, 3.63) is 47.6 Å². The molecule has 0 heterocycles. The zero-order valence-electron chi connectivity index (χ0n) is 10.5. The fourth-order valence-electron chi connectivity index (χ4n) is 1.55. The highest BCUT2D eigenvalue weighted by Gasteiger charge is 2.23. The zero-order valence-corrected chi connectivity index (χ0v) is 10.5. The van der Waals surface area contributed by atoms with Crippen molar-refractivity contribution in [1.29, 1.82) is 0 Å². The van der Waals surface area contributed by atoms with E-state index in [9.17, 15) is 9.59 Å². The van der Waals surface area contributed by atoms with Crippen LogP contribution in [0.5, 0.6) is 0 Å². The SMILES string of the molecule is C=C(C)C(=O)c1c(N)ccc(N)c1C(=O)C(=C)C. The average Bonchev–Trinajstić information content (AvgIpc) is 2.29. The van der Waals surface area contributed by atoms with Gasteiger partial charge >= 0.3 is 0 Å². The molecule has 4 nitrogen and oxygen atoms in total. The van der Waals surface area contributed by atoms with Gasteiger partial charge in [0.05, 0.1) is 11.1 Å². The van der Waals surface area contributed by atoms with Crippen LogP contribution in [-0.2, 0) is 0 Å². The number of ketones is 2. The normalized spacial score (nSPS) is 9.89. The second-order valence-electron chi connectivity index (χ2n) is 4.21. The quantitative estimate of drug-likeness (QED) is 0.483. The van der Waals surface area contributed by atoms with Crippen LogP contribution < -0.4 is 11.5 Å². The summed E-state index contributed by atoms with van der Waals surface area (Å²) in [5.41, 5.74) is 12.8. The van der Waals surface area contributed by atoms with Crippen molar-refractivity contribution in [3.8, 4) is 0 Å². The van der Waals surface area contributed by atoms with E-state index in [2.05, 4.69) is 13.2 Å². The molecule has 0 atom stereocenters. The number of nitrogen functional groups attached to an aromatic ring is 2. The second kappa shape index (κ2) is 4.87. The molecule has 1 rings (SSSR count). The Labute approximate surface area is 106 Å². The summed E-state index contributed by atoms with van der Waals surface area (Å²) >= 11 is 0. The smallest absolute Gasteiger partial charge is 0.191 e. The predicted molar refractivity (Wildman–Crippen MR) is 73.6 cm³/mol. The number of benzene rings is 1. The Balaban J connectivity index is 3.63. The Morgan fingerprint density at radius 3 is 1.39 bits per heavy atom. The van der Waals surface area contributed by atoms with Gasteiger partial charge in [0.2, 0.25) is 0 Å². The van der Waals surface area contributed by atoms with Gasteiger partial charge in [-0.1, -0.05) is 13.2 Å². The van der Waals surface area contributed by atoms with Crippen LogP contribution in [0.25, 0.3) is 0 Å². The Hall–Kier alpha value is -2.36. The van der Waals surface area contributed by atoms with E-state index in [1.54, 1.807) is 13.8 Å². The molecule has 0 saturated heterocycles. The van der Waals surface area contributed by atoms with E-state index < -0.39 is 0 Å². The molecule has 0 saturated carbocycles. The lowest BCUT2D eigenvalue weighted by molar-refractivity contribution is 0.100. The zero-order chi connectivity index (χ0) is 14.0. The van der Waals surface area contributed by atoms with E-state index >= 15 is 0 Å². The van der Waals surface area contributed by atoms with E-state index in [0.29, 0.717) is 11.1 Å². The van der Waals surface area contributed by atoms with Crippen LogP contribution in [0, 0.1) is 0 Å². The van der Waals surface area contributed by atoms with Crippen molar-refractivity contribution in [2.75, 3.05) is 11.5 Å². The predicted octanol–water partition coefficient (Wildman–Crippen LogP) is 2.37. The lowest BCUT2D eigenvalue weighted by Gasteiger charge is -2.13. The maximum Gasteiger partial charge on any atom is 0.191 e. The molecule has 0 bridgehead atoms. The Kier molecular flexibility index (Phi) is 3.71. The molecule has 0 amide bonds. The van der Waals surface area contributed by atoms with Gasteiger partial charge in [0.15, 0.2) is 11.6 Å². The summed E-state index contributed by atoms with van der Waals surface area (Å²) in [7, 11) is 0. The van der Waals surface area contributed by atoms with Crippen LogP contribution >= 0.6 is 0 Å². The van der Waals surface area contributed by atoms with Crippen molar-refractivity contribution >= 4 is 22.9 Å². The Bertz CT molecular complexity index is 520. The maximum absolute atomic E-state index is 12.0. The van der Waals surface area contributed by atoms with Crippen molar-refractivity contribution in [1.82, 2.24) is 0 Å². The van der Waals surface area contributed by atoms with E-state index in [4.69, 9.17) is 11.5 Å². The molecular weight excluding hydrogens is 228 g/mol. The van der Waals surface area contributed by atoms with Crippen LogP contribution in [0.3, 0.4) is 0 Å². The molecule has 18 heavy (non-hydrogen) atoms. The van der Waals surface area contributed by atoms with Crippen LogP contribution in [-0.4, -0.2) is 11.6 Å². The molecule has 0 aliphatic rings. The van der Waals surface area contributed by atoms with Gasteiger partial charge in [0.1, 0.15) is 0 Å². The third-order valence-corrected chi connectivity index (χ3v) is 2.50. The largest absolute Gasteiger partial charge is 0.398 e. The van der Waals surface area contributed by atoms with Gasteiger partial charge in [0, 0.05) is 11.4 Å². The topological polar surface area (TPSA) is 86.2 Å². The van der Waals surface area contributed by atoms with Gasteiger partial charge in [-0.3, -0.25) is 9.59 Å². The molecule has 0 spiro atoms. The number of hydrogen-bond donors (Lipinski definition) is 2. The van der Waals surface area contributed by atoms with Gasteiger partial charge in [-0.15, -0.1) is 0 Å². The third-order valence-electron chi connectivity index (χ3n) is 2.50. The summed E-state index contributed by atoms with van der Waals surface area (Å²) in [6, 6.07) is 3.00. The average molecular weight is 244 g/mol. The summed E-state index contributed by atoms with van der Waals surface area (Å²) in [6.07, 6.45) is 0. The van der Waals surface area contributed by atoms with Gasteiger partial charge < -0.3 is 11.5 Å². The molecule has 0 unspecified atom stereocenters. The summed E-state index contributed by atoms with van der Waals surface area (Å²) in [5.74, 6) is -0.770. The first-order chi connectivity index (χ1) is 8.27. The maximum atomic E-state index is 12.0. The number of nitrogens with two attached hydrogens (primary N) is 2.